The third-order valence-electron chi connectivity index (χ3n) is 3.19. The van der Waals surface area contributed by atoms with Crippen LogP contribution in [0.4, 0.5) is 0 Å². The van der Waals surface area contributed by atoms with Crippen LogP contribution in [0.25, 0.3) is 0 Å². The van der Waals surface area contributed by atoms with Crippen LogP contribution in [0, 0.1) is 0 Å². The van der Waals surface area contributed by atoms with Crippen LogP contribution < -0.4 is 5.32 Å². The molecule has 106 valence electrons. The summed E-state index contributed by atoms with van der Waals surface area (Å²) >= 11 is 3.29. The predicted octanol–water partition coefficient (Wildman–Crippen LogP) is 0.446. The fourth-order valence-corrected chi connectivity index (χ4v) is 5.04. The van der Waals surface area contributed by atoms with Crippen molar-refractivity contribution in [2.45, 2.75) is 10.3 Å². The van der Waals surface area contributed by atoms with Crippen LogP contribution in [-0.4, -0.2) is 56.6 Å². The minimum atomic E-state index is -3.46. The molecule has 0 radical (unpaired) electrons. The van der Waals surface area contributed by atoms with Crippen LogP contribution in [0.3, 0.4) is 0 Å². The molecule has 0 aromatic heterocycles. The van der Waals surface area contributed by atoms with E-state index in [2.05, 4.69) is 21.2 Å². The first-order valence-electron chi connectivity index (χ1n) is 6.11. The molecule has 1 aliphatic rings. The van der Waals surface area contributed by atoms with Crippen LogP contribution in [-0.2, 0) is 9.84 Å². The molecule has 0 saturated carbocycles. The molecule has 7 heteroatoms. The third kappa shape index (κ3) is 3.17. The molecule has 1 heterocycles. The second kappa shape index (κ2) is 6.32. The topological polar surface area (TPSA) is 69.6 Å². The number of sulfone groups is 1. The molecule has 1 aromatic carbocycles. The molecule has 5 nitrogen and oxygen atoms in total. The van der Waals surface area contributed by atoms with Gasteiger partial charge in [-0.3, -0.25) is 4.90 Å². The van der Waals surface area contributed by atoms with Gasteiger partial charge < -0.3 is 10.4 Å². The van der Waals surface area contributed by atoms with E-state index in [0.29, 0.717) is 29.0 Å². The van der Waals surface area contributed by atoms with Gasteiger partial charge in [-0.1, -0.05) is 12.1 Å². The SMILES string of the molecule is O=S(=O)(c1ccccc1Br)C1CNCCN1CCO. The molecule has 2 rings (SSSR count). The van der Waals surface area contributed by atoms with Crippen molar-refractivity contribution in [1.29, 1.82) is 0 Å². The average Bonchev–Trinajstić information content (AvgIpc) is 2.40. The highest BCUT2D eigenvalue weighted by Crippen LogP contribution is 2.26. The lowest BCUT2D eigenvalue weighted by Gasteiger charge is -2.35. The number of nitrogens with zero attached hydrogens (tertiary/aromatic N) is 1. The number of aliphatic hydroxyl groups is 1. The normalized spacial score (nSPS) is 21.5. The van der Waals surface area contributed by atoms with Crippen LogP contribution in [0.15, 0.2) is 33.6 Å². The van der Waals surface area contributed by atoms with E-state index in [1.807, 2.05) is 4.90 Å². The molecule has 1 saturated heterocycles. The van der Waals surface area contributed by atoms with Gasteiger partial charge in [0.2, 0.25) is 0 Å². The highest BCUT2D eigenvalue weighted by atomic mass is 79.9. The molecule has 1 unspecified atom stereocenters. The molecule has 0 amide bonds. The summed E-state index contributed by atoms with van der Waals surface area (Å²) in [6.45, 7) is 2.07. The van der Waals surface area contributed by atoms with Gasteiger partial charge in [0.25, 0.3) is 0 Å². The van der Waals surface area contributed by atoms with Crippen molar-refractivity contribution in [3.05, 3.63) is 28.7 Å². The lowest BCUT2D eigenvalue weighted by molar-refractivity contribution is 0.162. The van der Waals surface area contributed by atoms with Gasteiger partial charge in [0.1, 0.15) is 5.37 Å². The molecule has 0 aliphatic carbocycles. The molecule has 0 bridgehead atoms. The molecule has 1 aliphatic heterocycles. The van der Waals surface area contributed by atoms with Gasteiger partial charge in [0.15, 0.2) is 9.84 Å². The third-order valence-corrected chi connectivity index (χ3v) is 6.29. The van der Waals surface area contributed by atoms with Crippen molar-refractivity contribution < 1.29 is 13.5 Å². The summed E-state index contributed by atoms with van der Waals surface area (Å²) in [5.41, 5.74) is 0. The second-order valence-corrected chi connectivity index (χ2v) is 7.32. The second-order valence-electron chi connectivity index (χ2n) is 4.39. The maximum Gasteiger partial charge on any atom is 0.196 e. The van der Waals surface area contributed by atoms with Crippen molar-refractivity contribution in [2.24, 2.45) is 0 Å². The summed E-state index contributed by atoms with van der Waals surface area (Å²) in [5.74, 6) is 0. The molecule has 2 N–H and O–H groups in total. The zero-order chi connectivity index (χ0) is 13.9. The Morgan fingerprint density at radius 3 is 2.84 bits per heavy atom. The molecule has 0 spiro atoms. The summed E-state index contributed by atoms with van der Waals surface area (Å²) < 4.78 is 26.0. The fourth-order valence-electron chi connectivity index (χ4n) is 2.23. The van der Waals surface area contributed by atoms with E-state index in [1.54, 1.807) is 24.3 Å². The number of halogens is 1. The van der Waals surface area contributed by atoms with E-state index >= 15 is 0 Å². The highest BCUT2D eigenvalue weighted by Gasteiger charge is 2.35. The number of aliphatic hydroxyl groups excluding tert-OH is 1. The van der Waals surface area contributed by atoms with Crippen molar-refractivity contribution in [3.8, 4) is 0 Å². The smallest absolute Gasteiger partial charge is 0.196 e. The number of β-amino-alcohol motifs (C(OH)–C–C–N with tert-alkyl or cyclic N) is 1. The molecular weight excluding hydrogens is 332 g/mol. The van der Waals surface area contributed by atoms with Crippen molar-refractivity contribution >= 4 is 25.8 Å². The Hall–Kier alpha value is -0.470. The number of rotatable bonds is 4. The Labute approximate surface area is 121 Å². The van der Waals surface area contributed by atoms with Crippen LogP contribution >= 0.6 is 15.9 Å². The summed E-state index contributed by atoms with van der Waals surface area (Å²) in [6, 6.07) is 6.82. The lowest BCUT2D eigenvalue weighted by Crippen LogP contribution is -2.55. The summed E-state index contributed by atoms with van der Waals surface area (Å²) in [5, 5.41) is 11.5. The Morgan fingerprint density at radius 2 is 2.16 bits per heavy atom. The highest BCUT2D eigenvalue weighted by molar-refractivity contribution is 9.10. The van der Waals surface area contributed by atoms with Crippen LogP contribution in [0.1, 0.15) is 0 Å². The summed E-state index contributed by atoms with van der Waals surface area (Å²) in [6.07, 6.45) is 0. The minimum absolute atomic E-state index is 0.0397. The van der Waals surface area contributed by atoms with Gasteiger partial charge in [-0.15, -0.1) is 0 Å². The molecule has 1 fully saturated rings. The minimum Gasteiger partial charge on any atom is -0.395 e. The van der Waals surface area contributed by atoms with Crippen LogP contribution in [0.2, 0.25) is 0 Å². The summed E-state index contributed by atoms with van der Waals surface area (Å²) in [7, 11) is -3.46. The van der Waals surface area contributed by atoms with E-state index < -0.39 is 15.2 Å². The monoisotopic (exact) mass is 348 g/mol. The number of nitrogens with one attached hydrogen (secondary N) is 1. The van der Waals surface area contributed by atoms with E-state index in [0.717, 1.165) is 6.54 Å². The van der Waals surface area contributed by atoms with Gasteiger partial charge in [0.05, 0.1) is 11.5 Å². The quantitative estimate of drug-likeness (QED) is 0.826. The van der Waals surface area contributed by atoms with Gasteiger partial charge in [-0.2, -0.15) is 0 Å². The number of benzene rings is 1. The lowest BCUT2D eigenvalue weighted by atomic mass is 10.3. The zero-order valence-electron chi connectivity index (χ0n) is 10.4. The van der Waals surface area contributed by atoms with E-state index in [9.17, 15) is 8.42 Å². The summed E-state index contributed by atoms with van der Waals surface area (Å²) in [4.78, 5) is 2.11. The molecule has 1 atom stereocenters. The van der Waals surface area contributed by atoms with Crippen molar-refractivity contribution in [2.75, 3.05) is 32.8 Å². The maximum absolute atomic E-state index is 12.7. The average molecular weight is 349 g/mol. The zero-order valence-corrected chi connectivity index (χ0v) is 12.8. The Balaban J connectivity index is 2.35. The van der Waals surface area contributed by atoms with Crippen molar-refractivity contribution in [3.63, 3.8) is 0 Å². The van der Waals surface area contributed by atoms with E-state index in [1.165, 1.54) is 0 Å². The van der Waals surface area contributed by atoms with Gasteiger partial charge >= 0.3 is 0 Å². The molecule has 19 heavy (non-hydrogen) atoms. The maximum atomic E-state index is 12.7. The van der Waals surface area contributed by atoms with Crippen LogP contribution in [0.5, 0.6) is 0 Å². The fraction of sp³-hybridized carbons (Fsp3) is 0.500. The first-order chi connectivity index (χ1) is 9.07. The van der Waals surface area contributed by atoms with Gasteiger partial charge in [-0.25, -0.2) is 8.42 Å². The standard InChI is InChI=1S/C12H17BrN2O3S/c13-10-3-1-2-4-11(10)19(17,18)12-9-14-5-6-15(12)7-8-16/h1-4,12,14,16H,5-9H2. The first-order valence-corrected chi connectivity index (χ1v) is 8.45. The van der Waals surface area contributed by atoms with E-state index in [-0.39, 0.29) is 6.61 Å². The Morgan fingerprint density at radius 1 is 1.42 bits per heavy atom. The largest absolute Gasteiger partial charge is 0.395 e. The number of hydrogen-bond donors (Lipinski definition) is 2. The van der Waals surface area contributed by atoms with Gasteiger partial charge in [0, 0.05) is 30.7 Å². The Bertz CT molecular complexity index is 534. The first kappa shape index (κ1) is 14.9. The van der Waals surface area contributed by atoms with Crippen molar-refractivity contribution in [1.82, 2.24) is 10.2 Å². The predicted molar refractivity (Wildman–Crippen MR) is 76.6 cm³/mol. The van der Waals surface area contributed by atoms with E-state index in [4.69, 9.17) is 5.11 Å². The van der Waals surface area contributed by atoms with Gasteiger partial charge in [-0.05, 0) is 28.1 Å². The number of hydrogen-bond acceptors (Lipinski definition) is 5. The Kier molecular flexibility index (Phi) is 4.97. The molecule has 1 aromatic rings. The molecular formula is C12H17BrN2O3S. The number of piperazine rings is 1.